The van der Waals surface area contributed by atoms with Crippen molar-refractivity contribution in [1.29, 1.82) is 0 Å². The first kappa shape index (κ1) is 20.1. The maximum absolute atomic E-state index is 12.8. The van der Waals surface area contributed by atoms with Gasteiger partial charge in [-0.3, -0.25) is 9.59 Å². The highest BCUT2D eigenvalue weighted by molar-refractivity contribution is 5.94. The topological polar surface area (TPSA) is 65.6 Å². The van der Waals surface area contributed by atoms with Crippen LogP contribution in [0.4, 0.5) is 0 Å². The van der Waals surface area contributed by atoms with Gasteiger partial charge in [-0.25, -0.2) is 0 Å². The molecular weight excluding hydrogens is 354 g/mol. The molecule has 28 heavy (non-hydrogen) atoms. The molecule has 6 heteroatoms. The minimum atomic E-state index is -0.347. The number of aromatic nitrogens is 1. The number of likely N-dealkylation sites (tertiary alicyclic amines) is 1. The molecule has 150 valence electrons. The maximum atomic E-state index is 12.8. The number of carbonyl (C=O) groups is 1. The van der Waals surface area contributed by atoms with E-state index in [0.717, 1.165) is 37.1 Å². The molecule has 2 heterocycles. The lowest BCUT2D eigenvalue weighted by molar-refractivity contribution is 0.0681. The molecule has 1 aliphatic heterocycles. The van der Waals surface area contributed by atoms with Gasteiger partial charge in [0.2, 0.25) is 0 Å². The zero-order chi connectivity index (χ0) is 20.1. The van der Waals surface area contributed by atoms with Crippen molar-refractivity contribution in [1.82, 2.24) is 14.8 Å². The summed E-state index contributed by atoms with van der Waals surface area (Å²) in [5, 5.41) is 0. The van der Waals surface area contributed by atoms with Crippen molar-refractivity contribution in [3.8, 4) is 17.0 Å². The maximum Gasteiger partial charge on any atom is 0.261 e. The van der Waals surface area contributed by atoms with Crippen LogP contribution in [0.1, 0.15) is 29.6 Å². The molecule has 2 aromatic rings. The van der Waals surface area contributed by atoms with E-state index in [2.05, 4.69) is 24.0 Å². The smallest absolute Gasteiger partial charge is 0.261 e. The van der Waals surface area contributed by atoms with E-state index in [0.29, 0.717) is 24.7 Å². The van der Waals surface area contributed by atoms with E-state index in [9.17, 15) is 9.59 Å². The number of H-pyrrole nitrogens is 1. The first-order valence-corrected chi connectivity index (χ1v) is 9.79. The Kier molecular flexibility index (Phi) is 6.52. The van der Waals surface area contributed by atoms with Gasteiger partial charge < -0.3 is 19.5 Å². The van der Waals surface area contributed by atoms with Crippen LogP contribution in [-0.4, -0.2) is 61.5 Å². The Morgan fingerprint density at radius 1 is 1.21 bits per heavy atom. The standard InChI is InChI=1S/C22H29N3O3/c1-24(2)12-9-16-10-13-25(14-11-16)22(27)19-7-8-20(23-21(19)26)17-5-4-6-18(15-17)28-3/h4-8,15-16H,9-14H2,1-3H3,(H,23,26). The third-order valence-corrected chi connectivity index (χ3v) is 5.41. The van der Waals surface area contributed by atoms with Gasteiger partial charge in [0.1, 0.15) is 11.3 Å². The fraction of sp³-hybridized carbons (Fsp3) is 0.455. The van der Waals surface area contributed by atoms with Crippen LogP contribution in [0.2, 0.25) is 0 Å². The highest BCUT2D eigenvalue weighted by Crippen LogP contribution is 2.23. The molecule has 0 bridgehead atoms. The molecule has 3 rings (SSSR count). The van der Waals surface area contributed by atoms with E-state index >= 15 is 0 Å². The van der Waals surface area contributed by atoms with Crippen molar-refractivity contribution in [2.75, 3.05) is 40.8 Å². The molecule has 0 aliphatic carbocycles. The number of ether oxygens (including phenoxy) is 1. The van der Waals surface area contributed by atoms with Crippen molar-refractivity contribution >= 4 is 5.91 Å². The molecule has 1 fully saturated rings. The van der Waals surface area contributed by atoms with Crippen LogP contribution >= 0.6 is 0 Å². The largest absolute Gasteiger partial charge is 0.497 e. The van der Waals surface area contributed by atoms with Gasteiger partial charge >= 0.3 is 0 Å². The van der Waals surface area contributed by atoms with Crippen LogP contribution in [0, 0.1) is 5.92 Å². The second-order valence-corrected chi connectivity index (χ2v) is 7.67. The molecule has 1 aromatic heterocycles. The number of methoxy groups -OCH3 is 1. The van der Waals surface area contributed by atoms with Gasteiger partial charge in [0.25, 0.3) is 11.5 Å². The number of amides is 1. The van der Waals surface area contributed by atoms with E-state index in [1.807, 2.05) is 29.2 Å². The summed E-state index contributed by atoms with van der Waals surface area (Å²) in [7, 11) is 5.77. The first-order chi connectivity index (χ1) is 13.5. The second kappa shape index (κ2) is 9.06. The average Bonchev–Trinajstić information content (AvgIpc) is 2.72. The van der Waals surface area contributed by atoms with Crippen LogP contribution in [-0.2, 0) is 0 Å². The number of pyridine rings is 1. The number of nitrogens with one attached hydrogen (secondary N) is 1. The average molecular weight is 383 g/mol. The van der Waals surface area contributed by atoms with Crippen LogP contribution in [0.25, 0.3) is 11.3 Å². The van der Waals surface area contributed by atoms with Crippen molar-refractivity contribution in [2.45, 2.75) is 19.3 Å². The quantitative estimate of drug-likeness (QED) is 0.833. The predicted molar refractivity (Wildman–Crippen MR) is 111 cm³/mol. The second-order valence-electron chi connectivity index (χ2n) is 7.67. The molecule has 0 radical (unpaired) electrons. The third-order valence-electron chi connectivity index (χ3n) is 5.41. The summed E-state index contributed by atoms with van der Waals surface area (Å²) in [5.41, 5.74) is 1.37. The number of piperidine rings is 1. The fourth-order valence-corrected chi connectivity index (χ4v) is 3.64. The molecule has 0 saturated carbocycles. The summed E-state index contributed by atoms with van der Waals surface area (Å²) < 4.78 is 5.23. The minimum Gasteiger partial charge on any atom is -0.497 e. The number of nitrogens with zero attached hydrogens (tertiary/aromatic N) is 2. The van der Waals surface area contributed by atoms with Gasteiger partial charge in [0.05, 0.1) is 7.11 Å². The van der Waals surface area contributed by atoms with Gasteiger partial charge in [-0.05, 0) is 70.1 Å². The Morgan fingerprint density at radius 3 is 2.61 bits per heavy atom. The Balaban J connectivity index is 1.67. The molecule has 0 unspecified atom stereocenters. The van der Waals surface area contributed by atoms with Gasteiger partial charge in [-0.2, -0.15) is 0 Å². The van der Waals surface area contributed by atoms with Crippen molar-refractivity contribution < 1.29 is 9.53 Å². The van der Waals surface area contributed by atoms with Crippen LogP contribution in [0.5, 0.6) is 5.75 Å². The van der Waals surface area contributed by atoms with E-state index in [4.69, 9.17) is 4.74 Å². The summed E-state index contributed by atoms with van der Waals surface area (Å²) in [6.45, 7) is 2.51. The number of carbonyl (C=O) groups excluding carboxylic acids is 1. The fourth-order valence-electron chi connectivity index (χ4n) is 3.64. The van der Waals surface area contributed by atoms with Crippen LogP contribution < -0.4 is 10.3 Å². The monoisotopic (exact) mass is 383 g/mol. The molecule has 1 aromatic carbocycles. The zero-order valence-corrected chi connectivity index (χ0v) is 16.9. The van der Waals surface area contributed by atoms with E-state index in [1.54, 1.807) is 19.2 Å². The predicted octanol–water partition coefficient (Wildman–Crippen LogP) is 2.85. The van der Waals surface area contributed by atoms with E-state index < -0.39 is 0 Å². The lowest BCUT2D eigenvalue weighted by Crippen LogP contribution is -2.41. The Morgan fingerprint density at radius 2 is 1.96 bits per heavy atom. The summed E-state index contributed by atoms with van der Waals surface area (Å²) in [4.78, 5) is 32.2. The number of rotatable bonds is 6. The number of hydrogen-bond acceptors (Lipinski definition) is 4. The molecule has 0 atom stereocenters. The highest BCUT2D eigenvalue weighted by Gasteiger charge is 2.25. The third kappa shape index (κ3) is 4.81. The lowest BCUT2D eigenvalue weighted by Gasteiger charge is -2.32. The minimum absolute atomic E-state index is 0.176. The molecule has 6 nitrogen and oxygen atoms in total. The molecule has 0 spiro atoms. The van der Waals surface area contributed by atoms with Gasteiger partial charge in [-0.1, -0.05) is 12.1 Å². The SMILES string of the molecule is COc1cccc(-c2ccc(C(=O)N3CCC(CCN(C)C)CC3)c(=O)[nH]2)c1. The van der Waals surface area contributed by atoms with Crippen molar-refractivity contribution in [3.05, 3.63) is 52.3 Å². The number of aromatic amines is 1. The van der Waals surface area contributed by atoms with Gasteiger partial charge in [-0.15, -0.1) is 0 Å². The van der Waals surface area contributed by atoms with E-state index in [-0.39, 0.29) is 17.0 Å². The summed E-state index contributed by atoms with van der Waals surface area (Å²) in [6, 6.07) is 10.9. The Labute approximate surface area is 166 Å². The van der Waals surface area contributed by atoms with Crippen molar-refractivity contribution in [3.63, 3.8) is 0 Å². The summed E-state index contributed by atoms with van der Waals surface area (Å²) in [6.07, 6.45) is 3.16. The molecule has 1 aliphatic rings. The Hall–Kier alpha value is -2.60. The zero-order valence-electron chi connectivity index (χ0n) is 16.9. The Bertz CT molecular complexity index is 867. The highest BCUT2D eigenvalue weighted by atomic mass is 16.5. The normalized spacial score (nSPS) is 15.1. The first-order valence-electron chi connectivity index (χ1n) is 9.79. The lowest BCUT2D eigenvalue weighted by atomic mass is 9.93. The number of benzene rings is 1. The summed E-state index contributed by atoms with van der Waals surface area (Å²) >= 11 is 0. The summed E-state index contributed by atoms with van der Waals surface area (Å²) in [5.74, 6) is 1.19. The molecule has 1 saturated heterocycles. The van der Waals surface area contributed by atoms with Gasteiger partial charge in [0.15, 0.2) is 0 Å². The van der Waals surface area contributed by atoms with Gasteiger partial charge in [0, 0.05) is 24.3 Å². The van der Waals surface area contributed by atoms with Crippen molar-refractivity contribution in [2.24, 2.45) is 5.92 Å². The van der Waals surface area contributed by atoms with E-state index in [1.165, 1.54) is 0 Å². The van der Waals surface area contributed by atoms with Crippen LogP contribution in [0.15, 0.2) is 41.2 Å². The molecular formula is C22H29N3O3. The molecule has 1 N–H and O–H groups in total. The van der Waals surface area contributed by atoms with Crippen LogP contribution in [0.3, 0.4) is 0 Å². The number of hydrogen-bond donors (Lipinski definition) is 1. The molecule has 1 amide bonds.